The van der Waals surface area contributed by atoms with Crippen molar-refractivity contribution in [2.45, 2.75) is 13.1 Å². The van der Waals surface area contributed by atoms with Gasteiger partial charge in [0.05, 0.1) is 36.2 Å². The summed E-state index contributed by atoms with van der Waals surface area (Å²) in [6, 6.07) is 12.0. The standard InChI is InChI=1S/C17H13Cl2NO3/c18-12-5-6-16(19)15(9-12)17(21)20(10-13-3-1-7-22-13)11-14-4-2-8-23-14/h1-9H,10-11H2. The average molecular weight is 350 g/mol. The first kappa shape index (κ1) is 15.7. The van der Waals surface area contributed by atoms with E-state index in [-0.39, 0.29) is 5.91 Å². The van der Waals surface area contributed by atoms with Gasteiger partial charge in [0.2, 0.25) is 0 Å². The molecule has 1 aromatic carbocycles. The van der Waals surface area contributed by atoms with Crippen molar-refractivity contribution in [3.8, 4) is 0 Å². The fourth-order valence-corrected chi connectivity index (χ4v) is 2.58. The Balaban J connectivity index is 1.89. The minimum Gasteiger partial charge on any atom is -0.467 e. The smallest absolute Gasteiger partial charge is 0.256 e. The summed E-state index contributed by atoms with van der Waals surface area (Å²) in [6.45, 7) is 0.602. The highest BCUT2D eigenvalue weighted by molar-refractivity contribution is 6.35. The fourth-order valence-electron chi connectivity index (χ4n) is 2.21. The SMILES string of the molecule is O=C(c1cc(Cl)ccc1Cl)N(Cc1ccco1)Cc1ccco1. The summed E-state index contributed by atoms with van der Waals surface area (Å²) in [5.74, 6) is 1.09. The molecule has 3 rings (SSSR count). The highest BCUT2D eigenvalue weighted by Crippen LogP contribution is 2.24. The van der Waals surface area contributed by atoms with E-state index >= 15 is 0 Å². The van der Waals surface area contributed by atoms with E-state index in [0.29, 0.717) is 40.2 Å². The van der Waals surface area contributed by atoms with Gasteiger partial charge in [-0.2, -0.15) is 0 Å². The summed E-state index contributed by atoms with van der Waals surface area (Å²) in [4.78, 5) is 14.5. The summed E-state index contributed by atoms with van der Waals surface area (Å²) in [6.07, 6.45) is 3.13. The number of nitrogens with zero attached hydrogens (tertiary/aromatic N) is 1. The molecule has 0 saturated carbocycles. The highest BCUT2D eigenvalue weighted by atomic mass is 35.5. The summed E-state index contributed by atoms with van der Waals surface area (Å²) < 4.78 is 10.7. The summed E-state index contributed by atoms with van der Waals surface area (Å²) in [7, 11) is 0. The van der Waals surface area contributed by atoms with Crippen molar-refractivity contribution < 1.29 is 13.6 Å². The number of halogens is 2. The number of hydrogen-bond acceptors (Lipinski definition) is 3. The van der Waals surface area contributed by atoms with Crippen LogP contribution in [0.25, 0.3) is 0 Å². The molecule has 23 heavy (non-hydrogen) atoms. The molecule has 0 aliphatic rings. The first-order chi connectivity index (χ1) is 11.1. The van der Waals surface area contributed by atoms with Crippen molar-refractivity contribution in [3.05, 3.63) is 82.1 Å². The Morgan fingerprint density at radius 1 is 0.957 bits per heavy atom. The number of hydrogen-bond donors (Lipinski definition) is 0. The Hall–Kier alpha value is -2.17. The lowest BCUT2D eigenvalue weighted by Crippen LogP contribution is -2.30. The highest BCUT2D eigenvalue weighted by Gasteiger charge is 2.21. The van der Waals surface area contributed by atoms with Gasteiger partial charge in [0.25, 0.3) is 5.91 Å². The van der Waals surface area contributed by atoms with Gasteiger partial charge in [0, 0.05) is 5.02 Å². The van der Waals surface area contributed by atoms with Crippen molar-refractivity contribution in [2.24, 2.45) is 0 Å². The molecule has 2 heterocycles. The van der Waals surface area contributed by atoms with E-state index < -0.39 is 0 Å². The number of carbonyl (C=O) groups is 1. The van der Waals surface area contributed by atoms with Gasteiger partial charge in [-0.05, 0) is 42.5 Å². The minimum atomic E-state index is -0.245. The van der Waals surface area contributed by atoms with Gasteiger partial charge in [0.1, 0.15) is 11.5 Å². The molecule has 1 amide bonds. The number of carbonyl (C=O) groups excluding carboxylic acids is 1. The van der Waals surface area contributed by atoms with Crippen LogP contribution in [-0.2, 0) is 13.1 Å². The number of amides is 1. The van der Waals surface area contributed by atoms with Crippen LogP contribution in [0.3, 0.4) is 0 Å². The van der Waals surface area contributed by atoms with Gasteiger partial charge in [-0.3, -0.25) is 4.79 Å². The van der Waals surface area contributed by atoms with Crippen molar-refractivity contribution in [2.75, 3.05) is 0 Å². The van der Waals surface area contributed by atoms with E-state index in [0.717, 1.165) is 0 Å². The first-order valence-corrected chi connectivity index (χ1v) is 7.68. The monoisotopic (exact) mass is 349 g/mol. The van der Waals surface area contributed by atoms with Crippen LogP contribution in [-0.4, -0.2) is 10.8 Å². The molecule has 0 saturated heterocycles. The number of rotatable bonds is 5. The second-order valence-electron chi connectivity index (χ2n) is 4.94. The molecule has 0 aliphatic carbocycles. The molecule has 2 aromatic heterocycles. The second kappa shape index (κ2) is 6.94. The molecule has 0 N–H and O–H groups in total. The van der Waals surface area contributed by atoms with Crippen LogP contribution in [0.4, 0.5) is 0 Å². The van der Waals surface area contributed by atoms with Crippen LogP contribution in [0.15, 0.2) is 63.8 Å². The van der Waals surface area contributed by atoms with Crippen molar-refractivity contribution in [1.82, 2.24) is 4.90 Å². The third-order valence-electron chi connectivity index (χ3n) is 3.30. The predicted molar refractivity (Wildman–Crippen MR) is 87.5 cm³/mol. The molecular weight excluding hydrogens is 337 g/mol. The van der Waals surface area contributed by atoms with Crippen molar-refractivity contribution in [3.63, 3.8) is 0 Å². The Morgan fingerprint density at radius 2 is 1.57 bits per heavy atom. The minimum absolute atomic E-state index is 0.245. The van der Waals surface area contributed by atoms with Gasteiger partial charge in [0.15, 0.2) is 0 Å². The molecule has 3 aromatic rings. The molecule has 0 unspecified atom stereocenters. The molecule has 0 fully saturated rings. The lowest BCUT2D eigenvalue weighted by Gasteiger charge is -2.21. The van der Waals surface area contributed by atoms with E-state index in [1.54, 1.807) is 47.8 Å². The fraction of sp³-hybridized carbons (Fsp3) is 0.118. The Bertz CT molecular complexity index is 746. The van der Waals surface area contributed by atoms with Gasteiger partial charge in [-0.15, -0.1) is 0 Å². The lowest BCUT2D eigenvalue weighted by atomic mass is 10.2. The Morgan fingerprint density at radius 3 is 2.09 bits per heavy atom. The predicted octanol–water partition coefficient (Wildman–Crippen LogP) is 5.02. The van der Waals surface area contributed by atoms with Gasteiger partial charge in [-0.1, -0.05) is 23.2 Å². The third-order valence-corrected chi connectivity index (χ3v) is 3.86. The Labute approximate surface area is 143 Å². The molecule has 0 atom stereocenters. The normalized spacial score (nSPS) is 10.7. The first-order valence-electron chi connectivity index (χ1n) is 6.92. The van der Waals surface area contributed by atoms with E-state index in [9.17, 15) is 4.79 Å². The summed E-state index contributed by atoms with van der Waals surface area (Å²) in [5, 5.41) is 0.803. The maximum atomic E-state index is 12.9. The van der Waals surface area contributed by atoms with Crippen LogP contribution < -0.4 is 0 Å². The van der Waals surface area contributed by atoms with Crippen molar-refractivity contribution in [1.29, 1.82) is 0 Å². The largest absolute Gasteiger partial charge is 0.467 e. The van der Waals surface area contributed by atoms with Gasteiger partial charge in [-0.25, -0.2) is 0 Å². The summed E-state index contributed by atoms with van der Waals surface area (Å²) in [5.41, 5.74) is 0.345. The van der Waals surface area contributed by atoms with E-state index in [4.69, 9.17) is 32.0 Å². The Kier molecular flexibility index (Phi) is 4.74. The van der Waals surface area contributed by atoms with Crippen LogP contribution >= 0.6 is 23.2 Å². The molecule has 118 valence electrons. The van der Waals surface area contributed by atoms with Crippen LogP contribution in [0.2, 0.25) is 10.0 Å². The average Bonchev–Trinajstić information content (AvgIpc) is 3.22. The van der Waals surface area contributed by atoms with Gasteiger partial charge < -0.3 is 13.7 Å². The molecule has 6 heteroatoms. The van der Waals surface area contributed by atoms with Crippen molar-refractivity contribution >= 4 is 29.1 Å². The molecule has 0 bridgehead atoms. The maximum absolute atomic E-state index is 12.9. The van der Waals surface area contributed by atoms with E-state index in [1.807, 2.05) is 12.1 Å². The quantitative estimate of drug-likeness (QED) is 0.649. The topological polar surface area (TPSA) is 46.6 Å². The van der Waals surface area contributed by atoms with Crippen LogP contribution in [0.1, 0.15) is 21.9 Å². The number of benzene rings is 1. The lowest BCUT2D eigenvalue weighted by molar-refractivity contribution is 0.0705. The summed E-state index contributed by atoms with van der Waals surface area (Å²) >= 11 is 12.1. The maximum Gasteiger partial charge on any atom is 0.256 e. The van der Waals surface area contributed by atoms with Crippen LogP contribution in [0, 0.1) is 0 Å². The van der Waals surface area contributed by atoms with Gasteiger partial charge >= 0.3 is 0 Å². The second-order valence-corrected chi connectivity index (χ2v) is 5.79. The molecular formula is C17H13Cl2NO3. The van der Waals surface area contributed by atoms with E-state index in [1.165, 1.54) is 0 Å². The molecule has 0 aliphatic heterocycles. The zero-order chi connectivity index (χ0) is 16.2. The zero-order valence-corrected chi connectivity index (χ0v) is 13.6. The molecule has 4 nitrogen and oxygen atoms in total. The zero-order valence-electron chi connectivity index (χ0n) is 12.0. The number of furan rings is 2. The third kappa shape index (κ3) is 3.78. The van der Waals surface area contributed by atoms with Crippen LogP contribution in [0.5, 0.6) is 0 Å². The molecule has 0 radical (unpaired) electrons. The molecule has 0 spiro atoms. The van der Waals surface area contributed by atoms with E-state index in [2.05, 4.69) is 0 Å².